The molecule has 0 amide bonds. The average Bonchev–Trinajstić information content (AvgIpc) is 2.80. The summed E-state index contributed by atoms with van der Waals surface area (Å²) in [6, 6.07) is 7.57. The van der Waals surface area contributed by atoms with Crippen molar-refractivity contribution in [2.24, 2.45) is 0 Å². The lowest BCUT2D eigenvalue weighted by molar-refractivity contribution is -0.139. The quantitative estimate of drug-likeness (QED) is 0.929. The van der Waals surface area contributed by atoms with Gasteiger partial charge in [-0.1, -0.05) is 28.1 Å². The number of carbonyl (C=O) groups is 1. The van der Waals surface area contributed by atoms with Gasteiger partial charge in [0.1, 0.15) is 0 Å². The van der Waals surface area contributed by atoms with Gasteiger partial charge in [-0.15, -0.1) is 0 Å². The number of halogens is 1. The maximum absolute atomic E-state index is 11.3. The Hall–Kier alpha value is -0.870. The lowest BCUT2D eigenvalue weighted by Crippen LogP contribution is -2.29. The van der Waals surface area contributed by atoms with Crippen LogP contribution in [0.2, 0.25) is 0 Å². The highest BCUT2D eigenvalue weighted by atomic mass is 79.9. The van der Waals surface area contributed by atoms with Crippen LogP contribution >= 0.6 is 15.9 Å². The van der Waals surface area contributed by atoms with Gasteiger partial charge in [0.05, 0.1) is 5.92 Å². The first-order valence-corrected chi connectivity index (χ1v) is 6.67. The first kappa shape index (κ1) is 12.6. The highest BCUT2D eigenvalue weighted by molar-refractivity contribution is 9.10. The smallest absolute Gasteiger partial charge is 0.312 e. The van der Waals surface area contributed by atoms with Crippen LogP contribution in [-0.2, 0) is 4.79 Å². The molecule has 1 heterocycles. The first-order valence-electron chi connectivity index (χ1n) is 5.87. The minimum atomic E-state index is -0.737. The van der Waals surface area contributed by atoms with Crippen molar-refractivity contribution in [2.45, 2.75) is 18.8 Å². The van der Waals surface area contributed by atoms with Crippen molar-refractivity contribution in [3.05, 3.63) is 34.3 Å². The van der Waals surface area contributed by atoms with Crippen LogP contribution in [0.1, 0.15) is 24.3 Å². The lowest BCUT2D eigenvalue weighted by atomic mass is 9.99. The Labute approximate surface area is 110 Å². The van der Waals surface area contributed by atoms with E-state index in [1.54, 1.807) is 0 Å². The zero-order valence-electron chi connectivity index (χ0n) is 9.60. The summed E-state index contributed by atoms with van der Waals surface area (Å²) < 4.78 is 0.978. The zero-order valence-corrected chi connectivity index (χ0v) is 11.2. The Morgan fingerprint density at radius 3 is 2.41 bits per heavy atom. The number of carboxylic acid groups (broad SMARTS) is 1. The molecule has 0 aromatic heterocycles. The molecule has 2 rings (SSSR count). The van der Waals surface area contributed by atoms with E-state index in [4.69, 9.17) is 0 Å². The van der Waals surface area contributed by atoms with E-state index in [1.807, 2.05) is 24.3 Å². The van der Waals surface area contributed by atoms with Crippen molar-refractivity contribution in [1.29, 1.82) is 0 Å². The second kappa shape index (κ2) is 5.65. The van der Waals surface area contributed by atoms with Crippen molar-refractivity contribution in [1.82, 2.24) is 4.90 Å². The largest absolute Gasteiger partial charge is 0.481 e. The number of hydrogen-bond acceptors (Lipinski definition) is 2. The molecule has 1 aliphatic rings. The van der Waals surface area contributed by atoms with Gasteiger partial charge in [-0.2, -0.15) is 0 Å². The molecule has 1 N–H and O–H groups in total. The number of carboxylic acids is 1. The molecule has 0 unspecified atom stereocenters. The number of rotatable bonds is 4. The Kier molecular flexibility index (Phi) is 4.18. The lowest BCUT2D eigenvalue weighted by Gasteiger charge is -2.20. The molecule has 1 aliphatic heterocycles. The van der Waals surface area contributed by atoms with E-state index in [2.05, 4.69) is 20.8 Å². The molecule has 1 fully saturated rings. The monoisotopic (exact) mass is 297 g/mol. The molecule has 3 nitrogen and oxygen atoms in total. The van der Waals surface area contributed by atoms with Gasteiger partial charge in [0.25, 0.3) is 0 Å². The van der Waals surface area contributed by atoms with Gasteiger partial charge in [0.2, 0.25) is 0 Å². The van der Waals surface area contributed by atoms with Crippen LogP contribution in [0.5, 0.6) is 0 Å². The van der Waals surface area contributed by atoms with Crippen LogP contribution in [0, 0.1) is 0 Å². The van der Waals surface area contributed by atoms with Crippen LogP contribution in [-0.4, -0.2) is 35.6 Å². The van der Waals surface area contributed by atoms with Crippen molar-refractivity contribution in [3.8, 4) is 0 Å². The normalized spacial score (nSPS) is 18.2. The van der Waals surface area contributed by atoms with Crippen LogP contribution in [0.4, 0.5) is 0 Å². The third-order valence-corrected chi connectivity index (χ3v) is 3.74. The molecule has 1 saturated heterocycles. The summed E-state index contributed by atoms with van der Waals surface area (Å²) in [6.07, 6.45) is 2.37. The molecular formula is C13H16BrNO2. The average molecular weight is 298 g/mol. The van der Waals surface area contributed by atoms with E-state index in [0.717, 1.165) is 23.1 Å². The van der Waals surface area contributed by atoms with Crippen molar-refractivity contribution >= 4 is 21.9 Å². The maximum atomic E-state index is 11.3. The molecule has 0 bridgehead atoms. The SMILES string of the molecule is O=C(O)[C@H](CN1CCCC1)c1ccc(Br)cc1. The van der Waals surface area contributed by atoms with Crippen LogP contribution < -0.4 is 0 Å². The van der Waals surface area contributed by atoms with Crippen LogP contribution in [0.25, 0.3) is 0 Å². The van der Waals surface area contributed by atoms with Gasteiger partial charge in [0, 0.05) is 11.0 Å². The van der Waals surface area contributed by atoms with Crippen molar-refractivity contribution in [2.75, 3.05) is 19.6 Å². The molecular weight excluding hydrogens is 282 g/mol. The highest BCUT2D eigenvalue weighted by Gasteiger charge is 2.24. The fourth-order valence-electron chi connectivity index (χ4n) is 2.24. The van der Waals surface area contributed by atoms with E-state index in [-0.39, 0.29) is 0 Å². The maximum Gasteiger partial charge on any atom is 0.312 e. The summed E-state index contributed by atoms with van der Waals surface area (Å²) in [5.41, 5.74) is 0.882. The van der Waals surface area contributed by atoms with Crippen molar-refractivity contribution in [3.63, 3.8) is 0 Å². The van der Waals surface area contributed by atoms with Gasteiger partial charge in [-0.3, -0.25) is 4.79 Å². The molecule has 1 atom stereocenters. The Balaban J connectivity index is 2.10. The minimum Gasteiger partial charge on any atom is -0.481 e. The molecule has 0 radical (unpaired) electrons. The Morgan fingerprint density at radius 2 is 1.88 bits per heavy atom. The standard InChI is InChI=1S/C13H16BrNO2/c14-11-5-3-10(4-6-11)12(13(16)17)9-15-7-1-2-8-15/h3-6,12H,1-2,7-9H2,(H,16,17)/t12-/m1/s1. The van der Waals surface area contributed by atoms with Gasteiger partial charge >= 0.3 is 5.97 Å². The number of nitrogens with zero attached hydrogens (tertiary/aromatic N) is 1. The second-order valence-electron chi connectivity index (χ2n) is 4.45. The number of hydrogen-bond donors (Lipinski definition) is 1. The van der Waals surface area contributed by atoms with E-state index >= 15 is 0 Å². The van der Waals surface area contributed by atoms with E-state index in [1.165, 1.54) is 12.8 Å². The minimum absolute atomic E-state index is 0.416. The fraction of sp³-hybridized carbons (Fsp3) is 0.462. The summed E-state index contributed by atoms with van der Waals surface area (Å²) in [6.45, 7) is 2.68. The topological polar surface area (TPSA) is 40.5 Å². The number of benzene rings is 1. The second-order valence-corrected chi connectivity index (χ2v) is 5.37. The van der Waals surface area contributed by atoms with Gasteiger partial charge in [-0.05, 0) is 43.6 Å². The summed E-state index contributed by atoms with van der Waals surface area (Å²) >= 11 is 3.36. The molecule has 1 aromatic carbocycles. The Bertz CT molecular complexity index is 385. The molecule has 4 heteroatoms. The zero-order chi connectivity index (χ0) is 12.3. The highest BCUT2D eigenvalue weighted by Crippen LogP contribution is 2.22. The van der Waals surface area contributed by atoms with E-state index in [9.17, 15) is 9.90 Å². The predicted octanol–water partition coefficient (Wildman–Crippen LogP) is 2.71. The van der Waals surface area contributed by atoms with E-state index in [0.29, 0.717) is 6.54 Å². The third-order valence-electron chi connectivity index (χ3n) is 3.21. The molecule has 92 valence electrons. The summed E-state index contributed by atoms with van der Waals surface area (Å²) in [4.78, 5) is 13.6. The Morgan fingerprint density at radius 1 is 1.29 bits per heavy atom. The van der Waals surface area contributed by atoms with E-state index < -0.39 is 11.9 Å². The molecule has 17 heavy (non-hydrogen) atoms. The summed E-state index contributed by atoms with van der Waals surface area (Å²) in [5, 5.41) is 9.32. The molecule has 1 aromatic rings. The molecule has 0 spiro atoms. The molecule has 0 saturated carbocycles. The first-order chi connectivity index (χ1) is 8.16. The third kappa shape index (κ3) is 3.30. The summed E-state index contributed by atoms with van der Waals surface area (Å²) in [5.74, 6) is -1.15. The number of aliphatic carboxylic acids is 1. The van der Waals surface area contributed by atoms with Crippen LogP contribution in [0.3, 0.4) is 0 Å². The van der Waals surface area contributed by atoms with Gasteiger partial charge in [-0.25, -0.2) is 0 Å². The number of likely N-dealkylation sites (tertiary alicyclic amines) is 1. The summed E-state index contributed by atoms with van der Waals surface area (Å²) in [7, 11) is 0. The van der Waals surface area contributed by atoms with Gasteiger partial charge < -0.3 is 10.0 Å². The van der Waals surface area contributed by atoms with Crippen molar-refractivity contribution < 1.29 is 9.90 Å². The molecule has 0 aliphatic carbocycles. The van der Waals surface area contributed by atoms with Crippen LogP contribution in [0.15, 0.2) is 28.7 Å². The fourth-order valence-corrected chi connectivity index (χ4v) is 2.51. The van der Waals surface area contributed by atoms with Gasteiger partial charge in [0.15, 0.2) is 0 Å². The predicted molar refractivity (Wildman–Crippen MR) is 70.2 cm³/mol.